The first kappa shape index (κ1) is 21.4. The van der Waals surface area contributed by atoms with Crippen LogP contribution in [0.1, 0.15) is 35.1 Å². The van der Waals surface area contributed by atoms with Gasteiger partial charge in [0.05, 0.1) is 0 Å². The quantitative estimate of drug-likeness (QED) is 0.284. The number of allylic oxidation sites excluding steroid dienone is 4. The molecule has 174 valence electrons. The molecule has 0 radical (unpaired) electrons. The largest absolute Gasteiger partial charge is 0.0799 e. The van der Waals surface area contributed by atoms with Crippen molar-refractivity contribution in [1.82, 2.24) is 0 Å². The van der Waals surface area contributed by atoms with E-state index < -0.39 is 0 Å². The summed E-state index contributed by atoms with van der Waals surface area (Å²) in [6.07, 6.45) is 7.60. The first-order valence-electron chi connectivity index (χ1n) is 13.3. The van der Waals surface area contributed by atoms with E-state index in [1.165, 1.54) is 51.8 Å². The molecule has 3 aliphatic carbocycles. The third-order valence-corrected chi connectivity index (χ3v) is 8.58. The van der Waals surface area contributed by atoms with Crippen molar-refractivity contribution < 1.29 is 0 Å². The second kappa shape index (κ2) is 8.95. The highest BCUT2D eigenvalue weighted by molar-refractivity contribution is 5.87. The van der Waals surface area contributed by atoms with E-state index in [0.717, 1.165) is 0 Å². The molecule has 0 N–H and O–H groups in total. The Labute approximate surface area is 214 Å². The summed E-state index contributed by atoms with van der Waals surface area (Å²) < 4.78 is 0. The maximum atomic E-state index is 2.54. The number of hydrogen-bond acceptors (Lipinski definition) is 0. The van der Waals surface area contributed by atoms with Crippen LogP contribution in [0.3, 0.4) is 0 Å². The Morgan fingerprint density at radius 3 is 1.36 bits per heavy atom. The van der Waals surface area contributed by atoms with Crippen molar-refractivity contribution in [1.29, 1.82) is 0 Å². The van der Waals surface area contributed by atoms with Crippen molar-refractivity contribution in [2.24, 2.45) is 23.7 Å². The predicted molar refractivity (Wildman–Crippen MR) is 150 cm³/mol. The van der Waals surface area contributed by atoms with Gasteiger partial charge in [0.25, 0.3) is 0 Å². The SMILES string of the molecule is C1=CC2C3CCC(C3=C(c3ccccc3)c3ccccc3)C2C1=C(c1ccccc1)c1ccccc1. The monoisotopic (exact) mass is 462 g/mol. The van der Waals surface area contributed by atoms with Gasteiger partial charge in [-0.3, -0.25) is 0 Å². The molecule has 0 nitrogen and oxygen atoms in total. The van der Waals surface area contributed by atoms with Gasteiger partial charge in [-0.2, -0.15) is 0 Å². The van der Waals surface area contributed by atoms with Crippen LogP contribution in [-0.4, -0.2) is 0 Å². The van der Waals surface area contributed by atoms with Gasteiger partial charge in [-0.15, -0.1) is 0 Å². The standard InChI is InChI=1S/C36H30/c1-5-13-25(14-6-1)33(26-15-7-2-8-16-26)31-23-21-29-30-22-24-32(35(29)31)36(30)34(27-17-9-3-10-18-27)28-19-11-4-12-20-28/h1-21,23,29-30,32,35H,22,24H2. The summed E-state index contributed by atoms with van der Waals surface area (Å²) in [4.78, 5) is 0. The van der Waals surface area contributed by atoms with Crippen LogP contribution in [0.15, 0.2) is 145 Å². The van der Waals surface area contributed by atoms with Gasteiger partial charge < -0.3 is 0 Å². The molecular formula is C36H30. The number of benzene rings is 4. The lowest BCUT2D eigenvalue weighted by atomic mass is 9.76. The van der Waals surface area contributed by atoms with Crippen molar-refractivity contribution in [3.8, 4) is 0 Å². The summed E-state index contributed by atoms with van der Waals surface area (Å²) in [5.41, 5.74) is 11.5. The van der Waals surface area contributed by atoms with Gasteiger partial charge in [-0.05, 0) is 75.5 Å². The second-order valence-corrected chi connectivity index (χ2v) is 10.4. The Morgan fingerprint density at radius 1 is 0.472 bits per heavy atom. The van der Waals surface area contributed by atoms with E-state index in [1.54, 1.807) is 5.57 Å². The highest BCUT2D eigenvalue weighted by Crippen LogP contribution is 2.64. The Balaban J connectivity index is 1.44. The summed E-state index contributed by atoms with van der Waals surface area (Å²) in [5, 5.41) is 0. The zero-order chi connectivity index (χ0) is 23.9. The van der Waals surface area contributed by atoms with Crippen molar-refractivity contribution in [2.45, 2.75) is 12.8 Å². The van der Waals surface area contributed by atoms with Crippen LogP contribution < -0.4 is 0 Å². The normalized spacial score (nSPS) is 23.7. The second-order valence-electron chi connectivity index (χ2n) is 10.4. The van der Waals surface area contributed by atoms with Gasteiger partial charge in [-0.25, -0.2) is 0 Å². The fourth-order valence-electron chi connectivity index (χ4n) is 7.28. The van der Waals surface area contributed by atoms with E-state index >= 15 is 0 Å². The first-order chi connectivity index (χ1) is 17.9. The maximum absolute atomic E-state index is 2.54. The minimum Gasteiger partial charge on any atom is -0.0799 e. The van der Waals surface area contributed by atoms with E-state index in [0.29, 0.717) is 23.7 Å². The maximum Gasteiger partial charge on any atom is -0.00208 e. The number of fused-ring (bicyclic) bond motifs is 5. The van der Waals surface area contributed by atoms with E-state index in [1.807, 2.05) is 0 Å². The molecule has 2 saturated carbocycles. The minimum absolute atomic E-state index is 0.552. The number of hydrogen-bond donors (Lipinski definition) is 0. The smallest absolute Gasteiger partial charge is 0.00208 e. The molecule has 0 aromatic heterocycles. The van der Waals surface area contributed by atoms with Crippen molar-refractivity contribution in [2.75, 3.05) is 0 Å². The first-order valence-corrected chi connectivity index (χ1v) is 13.3. The van der Waals surface area contributed by atoms with E-state index in [9.17, 15) is 0 Å². The molecule has 36 heavy (non-hydrogen) atoms. The Bertz CT molecular complexity index is 1370. The molecule has 7 rings (SSSR count). The van der Waals surface area contributed by atoms with Gasteiger partial charge in [0.2, 0.25) is 0 Å². The highest BCUT2D eigenvalue weighted by Gasteiger charge is 2.54. The van der Waals surface area contributed by atoms with Crippen LogP contribution in [-0.2, 0) is 0 Å². The Morgan fingerprint density at radius 2 is 0.889 bits per heavy atom. The molecule has 0 heteroatoms. The summed E-state index contributed by atoms with van der Waals surface area (Å²) >= 11 is 0. The van der Waals surface area contributed by atoms with Gasteiger partial charge in [-0.1, -0.05) is 139 Å². The lowest BCUT2D eigenvalue weighted by molar-refractivity contribution is 0.322. The Kier molecular flexibility index (Phi) is 5.32. The van der Waals surface area contributed by atoms with Gasteiger partial charge in [0.15, 0.2) is 0 Å². The molecule has 0 heterocycles. The van der Waals surface area contributed by atoms with E-state index in [-0.39, 0.29) is 0 Å². The lowest BCUT2D eigenvalue weighted by Gasteiger charge is -2.27. The average Bonchev–Trinajstić information content (AvgIpc) is 3.64. The molecule has 2 bridgehead atoms. The van der Waals surface area contributed by atoms with Crippen LogP contribution in [0, 0.1) is 23.7 Å². The summed E-state index contributed by atoms with van der Waals surface area (Å²) in [5.74, 6) is 2.36. The minimum atomic E-state index is 0.552. The summed E-state index contributed by atoms with van der Waals surface area (Å²) in [6, 6.07) is 44.2. The van der Waals surface area contributed by atoms with Crippen LogP contribution in [0.2, 0.25) is 0 Å². The molecule has 3 aliphatic rings. The van der Waals surface area contributed by atoms with Crippen molar-refractivity contribution in [3.63, 3.8) is 0 Å². The van der Waals surface area contributed by atoms with Crippen LogP contribution in [0.25, 0.3) is 11.1 Å². The average molecular weight is 463 g/mol. The predicted octanol–water partition coefficient (Wildman–Crippen LogP) is 8.83. The summed E-state index contributed by atoms with van der Waals surface area (Å²) in [6.45, 7) is 0. The van der Waals surface area contributed by atoms with Crippen molar-refractivity contribution in [3.05, 3.63) is 167 Å². The highest BCUT2D eigenvalue weighted by atomic mass is 14.6. The molecule has 2 fully saturated rings. The molecule has 4 aromatic carbocycles. The van der Waals surface area contributed by atoms with Crippen LogP contribution >= 0.6 is 0 Å². The molecule has 0 spiro atoms. The molecule has 4 aromatic rings. The van der Waals surface area contributed by atoms with Gasteiger partial charge in [0.1, 0.15) is 0 Å². The molecule has 4 atom stereocenters. The molecule has 0 amide bonds. The van der Waals surface area contributed by atoms with Crippen LogP contribution in [0.4, 0.5) is 0 Å². The number of rotatable bonds is 4. The Hall–Kier alpha value is -3.90. The van der Waals surface area contributed by atoms with E-state index in [2.05, 4.69) is 133 Å². The third kappa shape index (κ3) is 3.44. The van der Waals surface area contributed by atoms with Crippen LogP contribution in [0.5, 0.6) is 0 Å². The third-order valence-electron chi connectivity index (χ3n) is 8.58. The molecule has 4 unspecified atom stereocenters. The lowest BCUT2D eigenvalue weighted by Crippen LogP contribution is -2.19. The zero-order valence-corrected chi connectivity index (χ0v) is 20.4. The molecule has 0 aliphatic heterocycles. The van der Waals surface area contributed by atoms with E-state index in [4.69, 9.17) is 0 Å². The fraction of sp³-hybridized carbons (Fsp3) is 0.167. The summed E-state index contributed by atoms with van der Waals surface area (Å²) in [7, 11) is 0. The topological polar surface area (TPSA) is 0 Å². The van der Waals surface area contributed by atoms with Gasteiger partial charge in [0, 0.05) is 0 Å². The molecule has 0 saturated heterocycles. The zero-order valence-electron chi connectivity index (χ0n) is 20.4. The van der Waals surface area contributed by atoms with Gasteiger partial charge >= 0.3 is 0 Å². The molecular weight excluding hydrogens is 432 g/mol. The van der Waals surface area contributed by atoms with Crippen molar-refractivity contribution >= 4 is 11.1 Å². The fourth-order valence-corrected chi connectivity index (χ4v) is 7.28.